The van der Waals surface area contributed by atoms with Crippen LogP contribution in [0.5, 0.6) is 0 Å². The molecule has 1 saturated heterocycles. The Balaban J connectivity index is 1.65. The second kappa shape index (κ2) is 8.87. The number of likely N-dealkylation sites (tertiary alicyclic amines) is 1. The van der Waals surface area contributed by atoms with Crippen molar-refractivity contribution in [3.63, 3.8) is 0 Å². The van der Waals surface area contributed by atoms with Crippen LogP contribution < -0.4 is 5.73 Å². The van der Waals surface area contributed by atoms with Crippen molar-refractivity contribution in [1.29, 1.82) is 0 Å². The molecule has 0 atom stereocenters. The molecule has 2 aromatic rings. The minimum Gasteiger partial charge on any atom is -0.461 e. The molecule has 142 valence electrons. The fourth-order valence-electron chi connectivity index (χ4n) is 3.92. The van der Waals surface area contributed by atoms with E-state index in [4.69, 9.17) is 10.5 Å². The molecule has 0 aromatic heterocycles. The summed E-state index contributed by atoms with van der Waals surface area (Å²) in [6.45, 7) is 4.79. The first kappa shape index (κ1) is 19.2. The first-order chi connectivity index (χ1) is 13.1. The van der Waals surface area contributed by atoms with Gasteiger partial charge in [-0.3, -0.25) is 4.90 Å². The second-order valence-electron chi connectivity index (χ2n) is 7.21. The molecule has 4 heteroatoms. The molecule has 2 N–H and O–H groups in total. The lowest BCUT2D eigenvalue weighted by Gasteiger charge is -2.43. The highest BCUT2D eigenvalue weighted by Crippen LogP contribution is 2.41. The largest absolute Gasteiger partial charge is 0.461 e. The molecule has 1 aliphatic rings. The quantitative estimate of drug-likeness (QED) is 0.630. The third kappa shape index (κ3) is 4.77. The van der Waals surface area contributed by atoms with Gasteiger partial charge in [0, 0.05) is 23.7 Å². The van der Waals surface area contributed by atoms with Crippen molar-refractivity contribution in [2.24, 2.45) is 5.73 Å². The molecule has 0 saturated carbocycles. The van der Waals surface area contributed by atoms with Gasteiger partial charge in [0.05, 0.1) is 0 Å². The number of carbonyl (C=O) groups is 1. The maximum atomic E-state index is 11.6. The van der Waals surface area contributed by atoms with Crippen molar-refractivity contribution in [3.8, 4) is 0 Å². The Kier molecular flexibility index (Phi) is 6.30. The number of hydrogen-bond donors (Lipinski definition) is 1. The smallest absolute Gasteiger partial charge is 0.332 e. The first-order valence-corrected chi connectivity index (χ1v) is 9.54. The van der Waals surface area contributed by atoms with Gasteiger partial charge in [0.25, 0.3) is 0 Å². The molecule has 4 nitrogen and oxygen atoms in total. The summed E-state index contributed by atoms with van der Waals surface area (Å²) >= 11 is 0. The van der Waals surface area contributed by atoms with Gasteiger partial charge in [0.15, 0.2) is 0 Å². The average molecular weight is 364 g/mol. The van der Waals surface area contributed by atoms with Gasteiger partial charge in [-0.25, -0.2) is 4.79 Å². The van der Waals surface area contributed by atoms with Crippen molar-refractivity contribution >= 4 is 5.97 Å². The van der Waals surface area contributed by atoms with Crippen LogP contribution in [0.3, 0.4) is 0 Å². The highest BCUT2D eigenvalue weighted by molar-refractivity contribution is 5.82. The van der Waals surface area contributed by atoms with Crippen LogP contribution in [0.25, 0.3) is 0 Å². The SMILES string of the molecule is C/C(N)=C/C(=O)OCCN1CCC(c2ccccc2)(c2ccccc2)CC1. The summed E-state index contributed by atoms with van der Waals surface area (Å²) in [6.07, 6.45) is 3.43. The molecular weight excluding hydrogens is 336 g/mol. The van der Waals surface area contributed by atoms with Crippen molar-refractivity contribution in [3.05, 3.63) is 83.6 Å². The number of carbonyl (C=O) groups excluding carboxylic acids is 1. The lowest BCUT2D eigenvalue weighted by molar-refractivity contribution is -0.138. The summed E-state index contributed by atoms with van der Waals surface area (Å²) in [4.78, 5) is 13.9. The lowest BCUT2D eigenvalue weighted by Crippen LogP contribution is -2.44. The molecule has 0 bridgehead atoms. The number of piperidine rings is 1. The zero-order valence-corrected chi connectivity index (χ0v) is 15.9. The van der Waals surface area contributed by atoms with E-state index in [9.17, 15) is 4.79 Å². The summed E-state index contributed by atoms with van der Waals surface area (Å²) in [5, 5.41) is 0. The molecular formula is C23H28N2O2. The fraction of sp³-hybridized carbons (Fsp3) is 0.348. The Morgan fingerprint density at radius 2 is 1.56 bits per heavy atom. The molecule has 3 rings (SSSR count). The Bertz CT molecular complexity index is 718. The van der Waals surface area contributed by atoms with Crippen molar-refractivity contribution in [1.82, 2.24) is 4.90 Å². The number of nitrogens with two attached hydrogens (primary N) is 1. The standard InChI is InChI=1S/C23H28N2O2/c1-19(24)18-22(26)27-17-16-25-14-12-23(13-15-25,20-8-4-2-5-9-20)21-10-6-3-7-11-21/h2-11,18H,12-17,24H2,1H3/b19-18-. The van der Waals surface area contributed by atoms with E-state index < -0.39 is 0 Å². The van der Waals surface area contributed by atoms with Gasteiger partial charge < -0.3 is 10.5 Å². The van der Waals surface area contributed by atoms with E-state index in [2.05, 4.69) is 65.6 Å². The predicted octanol–water partition coefficient (Wildman–Crippen LogP) is 3.47. The van der Waals surface area contributed by atoms with E-state index in [1.54, 1.807) is 6.92 Å². The Labute approximate surface area is 161 Å². The van der Waals surface area contributed by atoms with Gasteiger partial charge in [-0.2, -0.15) is 0 Å². The summed E-state index contributed by atoms with van der Waals surface area (Å²) in [6, 6.07) is 21.6. The number of benzene rings is 2. The van der Waals surface area contributed by atoms with Gasteiger partial charge in [0.1, 0.15) is 6.61 Å². The highest BCUT2D eigenvalue weighted by Gasteiger charge is 2.37. The van der Waals surface area contributed by atoms with Crippen LogP contribution in [0.1, 0.15) is 30.9 Å². The van der Waals surface area contributed by atoms with Crippen LogP contribution in [0, 0.1) is 0 Å². The summed E-state index contributed by atoms with van der Waals surface area (Å²) in [7, 11) is 0. The minimum atomic E-state index is -0.366. The normalized spacial score (nSPS) is 17.4. The molecule has 1 heterocycles. The number of nitrogens with zero attached hydrogens (tertiary/aromatic N) is 1. The number of ether oxygens (including phenoxy) is 1. The molecule has 2 aromatic carbocycles. The predicted molar refractivity (Wildman–Crippen MR) is 108 cm³/mol. The number of hydrogen-bond acceptors (Lipinski definition) is 4. The maximum absolute atomic E-state index is 11.6. The fourth-order valence-corrected chi connectivity index (χ4v) is 3.92. The van der Waals surface area contributed by atoms with Crippen LogP contribution in [-0.4, -0.2) is 37.1 Å². The number of esters is 1. The monoisotopic (exact) mass is 364 g/mol. The van der Waals surface area contributed by atoms with Crippen LogP contribution in [-0.2, 0) is 14.9 Å². The van der Waals surface area contributed by atoms with Crippen molar-refractivity contribution in [2.75, 3.05) is 26.2 Å². The lowest BCUT2D eigenvalue weighted by atomic mass is 9.68. The topological polar surface area (TPSA) is 55.6 Å². The van der Waals surface area contributed by atoms with Gasteiger partial charge in [-0.05, 0) is 44.0 Å². The zero-order valence-electron chi connectivity index (χ0n) is 15.9. The summed E-state index contributed by atoms with van der Waals surface area (Å²) in [5.41, 5.74) is 8.78. The van der Waals surface area contributed by atoms with E-state index in [0.717, 1.165) is 32.5 Å². The second-order valence-corrected chi connectivity index (χ2v) is 7.21. The van der Waals surface area contributed by atoms with E-state index in [1.807, 2.05) is 0 Å². The van der Waals surface area contributed by atoms with Crippen LogP contribution in [0.2, 0.25) is 0 Å². The Morgan fingerprint density at radius 1 is 1.04 bits per heavy atom. The van der Waals surface area contributed by atoms with Gasteiger partial charge in [-0.1, -0.05) is 60.7 Å². The third-order valence-corrected chi connectivity index (χ3v) is 5.36. The van der Waals surface area contributed by atoms with E-state index >= 15 is 0 Å². The Hall–Kier alpha value is -2.59. The molecule has 0 spiro atoms. The van der Waals surface area contributed by atoms with E-state index in [-0.39, 0.29) is 11.4 Å². The molecule has 0 radical (unpaired) electrons. The van der Waals surface area contributed by atoms with Gasteiger partial charge >= 0.3 is 5.97 Å². The average Bonchev–Trinajstić information content (AvgIpc) is 2.69. The van der Waals surface area contributed by atoms with E-state index in [0.29, 0.717) is 12.3 Å². The molecule has 0 unspecified atom stereocenters. The number of rotatable bonds is 6. The third-order valence-electron chi connectivity index (χ3n) is 5.36. The summed E-state index contributed by atoms with van der Waals surface area (Å²) < 4.78 is 5.24. The maximum Gasteiger partial charge on any atom is 0.332 e. The molecule has 0 aliphatic carbocycles. The first-order valence-electron chi connectivity index (χ1n) is 9.54. The molecule has 1 aliphatic heterocycles. The van der Waals surface area contributed by atoms with Crippen molar-refractivity contribution in [2.45, 2.75) is 25.2 Å². The summed E-state index contributed by atoms with van der Waals surface area (Å²) in [5.74, 6) is -0.366. The zero-order chi connectivity index (χ0) is 19.1. The van der Waals surface area contributed by atoms with Gasteiger partial charge in [-0.15, -0.1) is 0 Å². The Morgan fingerprint density at radius 3 is 2.04 bits per heavy atom. The molecule has 0 amide bonds. The molecule has 27 heavy (non-hydrogen) atoms. The van der Waals surface area contributed by atoms with Crippen LogP contribution in [0.15, 0.2) is 72.4 Å². The van der Waals surface area contributed by atoms with Crippen LogP contribution in [0.4, 0.5) is 0 Å². The number of allylic oxidation sites excluding steroid dienone is 1. The van der Waals surface area contributed by atoms with Crippen LogP contribution >= 0.6 is 0 Å². The minimum absolute atomic E-state index is 0.0507. The van der Waals surface area contributed by atoms with Crippen molar-refractivity contribution < 1.29 is 9.53 Å². The molecule has 1 fully saturated rings. The highest BCUT2D eigenvalue weighted by atomic mass is 16.5. The van der Waals surface area contributed by atoms with Gasteiger partial charge in [0.2, 0.25) is 0 Å². The van der Waals surface area contributed by atoms with E-state index in [1.165, 1.54) is 17.2 Å².